The number of hydrogen-bond acceptors (Lipinski definition) is 4. The van der Waals surface area contributed by atoms with Crippen LogP contribution in [-0.2, 0) is 11.2 Å². The summed E-state index contributed by atoms with van der Waals surface area (Å²) in [5.41, 5.74) is 2.63. The molecule has 0 aromatic heterocycles. The van der Waals surface area contributed by atoms with E-state index in [9.17, 15) is 9.59 Å². The molecule has 1 aliphatic heterocycles. The molecule has 0 radical (unpaired) electrons. The molecule has 6 heteroatoms. The number of carbonyl (C=O) groups excluding carboxylic acids is 2. The van der Waals surface area contributed by atoms with Crippen molar-refractivity contribution in [3.8, 4) is 11.5 Å². The molecule has 0 unspecified atom stereocenters. The van der Waals surface area contributed by atoms with Gasteiger partial charge in [-0.15, -0.1) is 0 Å². The summed E-state index contributed by atoms with van der Waals surface area (Å²) in [6, 6.07) is 13.2. The third-order valence-electron chi connectivity index (χ3n) is 4.37. The molecule has 2 aromatic rings. The van der Waals surface area contributed by atoms with E-state index in [0.29, 0.717) is 38.3 Å². The van der Waals surface area contributed by atoms with Gasteiger partial charge in [-0.25, -0.2) is 0 Å². The Kier molecular flexibility index (Phi) is 6.30. The Balaban J connectivity index is 1.36. The van der Waals surface area contributed by atoms with Gasteiger partial charge in [0.15, 0.2) is 11.5 Å². The minimum atomic E-state index is -0.155. The van der Waals surface area contributed by atoms with Crippen LogP contribution in [0.25, 0.3) is 0 Å². The lowest BCUT2D eigenvalue weighted by molar-refractivity contribution is -0.120. The molecule has 2 amide bonds. The number of nitrogens with one attached hydrogen (secondary N) is 2. The quantitative estimate of drug-likeness (QED) is 0.786. The van der Waals surface area contributed by atoms with Crippen molar-refractivity contribution in [1.29, 1.82) is 0 Å². The van der Waals surface area contributed by atoms with Crippen LogP contribution in [0.4, 0.5) is 0 Å². The molecular weight excluding hydrogens is 344 g/mol. The fourth-order valence-corrected chi connectivity index (χ4v) is 2.89. The number of fused-ring (bicyclic) bond motifs is 1. The first kappa shape index (κ1) is 18.8. The Labute approximate surface area is 158 Å². The van der Waals surface area contributed by atoms with Crippen LogP contribution in [0, 0.1) is 6.92 Å². The van der Waals surface area contributed by atoms with Gasteiger partial charge in [0.1, 0.15) is 13.2 Å². The Bertz CT molecular complexity index is 820. The van der Waals surface area contributed by atoms with Crippen molar-refractivity contribution in [2.24, 2.45) is 0 Å². The standard InChI is InChI=1S/C21H24N2O4/c1-15-4-2-3-5-17(15)21(25)23-11-9-20(24)22-10-8-16-6-7-18-19(14-16)27-13-12-26-18/h2-7,14H,8-13H2,1H3,(H,22,24)(H,23,25). The van der Waals surface area contributed by atoms with Crippen LogP contribution >= 0.6 is 0 Å². The van der Waals surface area contributed by atoms with E-state index in [1.165, 1.54) is 0 Å². The summed E-state index contributed by atoms with van der Waals surface area (Å²) in [4.78, 5) is 24.0. The van der Waals surface area contributed by atoms with Crippen LogP contribution in [0.15, 0.2) is 42.5 Å². The first-order valence-electron chi connectivity index (χ1n) is 9.12. The summed E-state index contributed by atoms with van der Waals surface area (Å²) in [7, 11) is 0. The van der Waals surface area contributed by atoms with Crippen molar-refractivity contribution in [1.82, 2.24) is 10.6 Å². The van der Waals surface area contributed by atoms with E-state index in [-0.39, 0.29) is 18.2 Å². The van der Waals surface area contributed by atoms with Crippen LogP contribution in [0.2, 0.25) is 0 Å². The largest absolute Gasteiger partial charge is 0.486 e. The normalized spacial score (nSPS) is 12.3. The van der Waals surface area contributed by atoms with E-state index >= 15 is 0 Å². The monoisotopic (exact) mass is 368 g/mol. The van der Waals surface area contributed by atoms with Gasteiger partial charge < -0.3 is 20.1 Å². The first-order chi connectivity index (χ1) is 13.1. The van der Waals surface area contributed by atoms with Crippen LogP contribution in [0.5, 0.6) is 11.5 Å². The molecule has 0 saturated carbocycles. The fraction of sp³-hybridized carbons (Fsp3) is 0.333. The van der Waals surface area contributed by atoms with Gasteiger partial charge >= 0.3 is 0 Å². The molecule has 1 aliphatic rings. The summed E-state index contributed by atoms with van der Waals surface area (Å²) < 4.78 is 11.1. The lowest BCUT2D eigenvalue weighted by Gasteiger charge is -2.18. The maximum absolute atomic E-state index is 12.1. The molecule has 27 heavy (non-hydrogen) atoms. The first-order valence-corrected chi connectivity index (χ1v) is 9.12. The number of rotatable bonds is 7. The van der Waals surface area contributed by atoms with Crippen molar-refractivity contribution < 1.29 is 19.1 Å². The molecule has 6 nitrogen and oxygen atoms in total. The highest BCUT2D eigenvalue weighted by molar-refractivity contribution is 5.95. The molecule has 3 rings (SSSR count). The molecule has 1 heterocycles. The summed E-state index contributed by atoms with van der Waals surface area (Å²) in [5, 5.41) is 5.66. The van der Waals surface area contributed by atoms with E-state index in [1.54, 1.807) is 6.07 Å². The number of ether oxygens (including phenoxy) is 2. The van der Waals surface area contributed by atoms with Gasteiger partial charge in [-0.05, 0) is 42.7 Å². The van der Waals surface area contributed by atoms with E-state index < -0.39 is 0 Å². The number of amides is 2. The smallest absolute Gasteiger partial charge is 0.251 e. The highest BCUT2D eigenvalue weighted by Gasteiger charge is 2.12. The lowest BCUT2D eigenvalue weighted by Crippen LogP contribution is -2.31. The zero-order valence-corrected chi connectivity index (χ0v) is 15.4. The Hall–Kier alpha value is -3.02. The Morgan fingerprint density at radius 2 is 1.74 bits per heavy atom. The molecule has 0 spiro atoms. The maximum Gasteiger partial charge on any atom is 0.251 e. The molecule has 2 N–H and O–H groups in total. The second-order valence-corrected chi connectivity index (χ2v) is 6.40. The van der Waals surface area contributed by atoms with E-state index in [2.05, 4.69) is 10.6 Å². The molecule has 0 aliphatic carbocycles. The van der Waals surface area contributed by atoms with Gasteiger partial charge in [-0.2, -0.15) is 0 Å². The topological polar surface area (TPSA) is 76.7 Å². The fourth-order valence-electron chi connectivity index (χ4n) is 2.89. The lowest BCUT2D eigenvalue weighted by atomic mass is 10.1. The molecule has 0 bridgehead atoms. The van der Waals surface area contributed by atoms with Crippen molar-refractivity contribution in [2.75, 3.05) is 26.3 Å². The maximum atomic E-state index is 12.1. The third kappa shape index (κ3) is 5.23. The van der Waals surface area contributed by atoms with Gasteiger partial charge in [0, 0.05) is 25.1 Å². The zero-order valence-electron chi connectivity index (χ0n) is 15.4. The van der Waals surface area contributed by atoms with Gasteiger partial charge in [0.05, 0.1) is 0 Å². The molecule has 0 fully saturated rings. The summed E-state index contributed by atoms with van der Waals surface area (Å²) in [5.74, 6) is 1.28. The van der Waals surface area contributed by atoms with Gasteiger partial charge in [-0.1, -0.05) is 24.3 Å². The van der Waals surface area contributed by atoms with E-state index in [1.807, 2.05) is 43.3 Å². The number of benzene rings is 2. The third-order valence-corrected chi connectivity index (χ3v) is 4.37. The Morgan fingerprint density at radius 3 is 2.56 bits per heavy atom. The number of aryl methyl sites for hydroxylation is 1. The van der Waals surface area contributed by atoms with E-state index in [0.717, 1.165) is 22.6 Å². The van der Waals surface area contributed by atoms with Crippen molar-refractivity contribution in [3.05, 3.63) is 59.2 Å². The van der Waals surface area contributed by atoms with Crippen LogP contribution in [0.1, 0.15) is 27.9 Å². The number of carbonyl (C=O) groups is 2. The van der Waals surface area contributed by atoms with Gasteiger partial charge in [0.25, 0.3) is 5.91 Å². The SMILES string of the molecule is Cc1ccccc1C(=O)NCCC(=O)NCCc1ccc2c(c1)OCCO2. The van der Waals surface area contributed by atoms with Crippen molar-refractivity contribution >= 4 is 11.8 Å². The van der Waals surface area contributed by atoms with Crippen LogP contribution in [-0.4, -0.2) is 38.1 Å². The summed E-state index contributed by atoms with van der Waals surface area (Å²) in [6.45, 7) is 3.86. The second kappa shape index (κ2) is 9.07. The van der Waals surface area contributed by atoms with Crippen LogP contribution < -0.4 is 20.1 Å². The summed E-state index contributed by atoms with van der Waals surface area (Å²) >= 11 is 0. The molecule has 0 atom stereocenters. The van der Waals surface area contributed by atoms with Crippen LogP contribution in [0.3, 0.4) is 0 Å². The number of hydrogen-bond donors (Lipinski definition) is 2. The average molecular weight is 368 g/mol. The predicted molar refractivity (Wildman–Crippen MR) is 102 cm³/mol. The van der Waals surface area contributed by atoms with Gasteiger partial charge in [-0.3, -0.25) is 9.59 Å². The van der Waals surface area contributed by atoms with E-state index in [4.69, 9.17) is 9.47 Å². The average Bonchev–Trinajstić information content (AvgIpc) is 2.68. The minimum Gasteiger partial charge on any atom is -0.486 e. The molecule has 2 aromatic carbocycles. The van der Waals surface area contributed by atoms with Gasteiger partial charge in [0.2, 0.25) is 5.91 Å². The van der Waals surface area contributed by atoms with Crippen molar-refractivity contribution in [2.45, 2.75) is 19.8 Å². The van der Waals surface area contributed by atoms with Crippen molar-refractivity contribution in [3.63, 3.8) is 0 Å². The second-order valence-electron chi connectivity index (χ2n) is 6.40. The highest BCUT2D eigenvalue weighted by atomic mass is 16.6. The molecular formula is C21H24N2O4. The zero-order chi connectivity index (χ0) is 19.1. The predicted octanol–water partition coefficient (Wildman–Crippen LogP) is 2.25. The highest BCUT2D eigenvalue weighted by Crippen LogP contribution is 2.30. The molecule has 142 valence electrons. The minimum absolute atomic E-state index is 0.0855. The Morgan fingerprint density at radius 1 is 0.963 bits per heavy atom. The molecule has 0 saturated heterocycles. The summed E-state index contributed by atoms with van der Waals surface area (Å²) in [6.07, 6.45) is 0.955.